The molecule has 174 valence electrons. The first-order chi connectivity index (χ1) is 16.1. The Labute approximate surface area is 215 Å². The Bertz CT molecular complexity index is 1240. The minimum Gasteiger partial charge on any atom is -0.349 e. The lowest BCUT2D eigenvalue weighted by atomic mass is 9.81. The molecule has 4 rings (SSSR count). The second kappa shape index (κ2) is 9.12. The zero-order valence-electron chi connectivity index (χ0n) is 19.0. The zero-order chi connectivity index (χ0) is 24.7. The molecular weight excluding hydrogens is 560 g/mol. The molecule has 2 amide bonds. The van der Waals surface area contributed by atoms with Crippen LogP contribution in [0.1, 0.15) is 37.9 Å². The molecule has 2 aromatic carbocycles. The summed E-state index contributed by atoms with van der Waals surface area (Å²) in [5, 5.41) is 3.04. The number of nitrogens with zero attached hydrogens (tertiary/aromatic N) is 1. The van der Waals surface area contributed by atoms with Crippen molar-refractivity contribution in [3.63, 3.8) is 0 Å². The van der Waals surface area contributed by atoms with Crippen LogP contribution in [0.25, 0.3) is 5.57 Å². The van der Waals surface area contributed by atoms with E-state index in [1.807, 2.05) is 81.4 Å². The molecule has 0 saturated carbocycles. The normalized spacial score (nSPS) is 21.2. The van der Waals surface area contributed by atoms with Gasteiger partial charge in [0.15, 0.2) is 5.78 Å². The summed E-state index contributed by atoms with van der Waals surface area (Å²) in [5.74, 6) is -0.858. The van der Waals surface area contributed by atoms with Gasteiger partial charge in [-0.3, -0.25) is 14.4 Å². The van der Waals surface area contributed by atoms with Gasteiger partial charge in [0.1, 0.15) is 11.6 Å². The van der Waals surface area contributed by atoms with Gasteiger partial charge in [0.25, 0.3) is 5.91 Å². The van der Waals surface area contributed by atoms with Crippen LogP contribution >= 0.6 is 31.9 Å². The minimum absolute atomic E-state index is 0.198. The fourth-order valence-corrected chi connectivity index (χ4v) is 5.86. The summed E-state index contributed by atoms with van der Waals surface area (Å²) in [6.07, 6.45) is 4.61. The summed E-state index contributed by atoms with van der Waals surface area (Å²) in [7, 11) is 0. The standard InChI is InChI=1S/C27H24Br2N2O3/c1-26(2,3)30-24(33)23(18-12-8-5-9-13-18)31-25(34)22(29)21(17-10-6-4-7-11-17)27(31)15-14-19(32)16-20(27)28/h4-16,23H,1-3H3,(H,30,33). The first kappa shape index (κ1) is 24.4. The second-order valence-corrected chi connectivity index (χ2v) is 10.9. The molecule has 2 aromatic rings. The lowest BCUT2D eigenvalue weighted by molar-refractivity contribution is -0.139. The van der Waals surface area contributed by atoms with Crippen LogP contribution in [0.5, 0.6) is 0 Å². The molecule has 2 unspecified atom stereocenters. The Morgan fingerprint density at radius 3 is 2.12 bits per heavy atom. The molecule has 0 radical (unpaired) electrons. The maximum atomic E-state index is 13.9. The molecule has 5 nitrogen and oxygen atoms in total. The van der Waals surface area contributed by atoms with Crippen LogP contribution in [0.4, 0.5) is 0 Å². The first-order valence-corrected chi connectivity index (χ1v) is 12.4. The van der Waals surface area contributed by atoms with Gasteiger partial charge in [-0.25, -0.2) is 0 Å². The van der Waals surface area contributed by atoms with Crippen LogP contribution < -0.4 is 5.32 Å². The summed E-state index contributed by atoms with van der Waals surface area (Å²) >= 11 is 7.15. The Morgan fingerprint density at radius 1 is 0.971 bits per heavy atom. The second-order valence-electron chi connectivity index (χ2n) is 9.28. The number of hydrogen-bond donors (Lipinski definition) is 1. The molecule has 1 spiro atoms. The van der Waals surface area contributed by atoms with Gasteiger partial charge in [-0.2, -0.15) is 0 Å². The average Bonchev–Trinajstić information content (AvgIpc) is 2.99. The van der Waals surface area contributed by atoms with E-state index in [0.29, 0.717) is 20.1 Å². The summed E-state index contributed by atoms with van der Waals surface area (Å²) < 4.78 is 0.825. The minimum atomic E-state index is -1.19. The monoisotopic (exact) mass is 582 g/mol. The Morgan fingerprint density at radius 2 is 1.56 bits per heavy atom. The fraction of sp³-hybridized carbons (Fsp3) is 0.222. The molecule has 7 heteroatoms. The van der Waals surface area contributed by atoms with Gasteiger partial charge in [0, 0.05) is 15.6 Å². The van der Waals surface area contributed by atoms with Crippen molar-refractivity contribution in [1.82, 2.24) is 10.2 Å². The van der Waals surface area contributed by atoms with E-state index in [1.54, 1.807) is 11.0 Å². The number of rotatable bonds is 4. The molecule has 1 heterocycles. The van der Waals surface area contributed by atoms with E-state index in [2.05, 4.69) is 37.2 Å². The van der Waals surface area contributed by atoms with Gasteiger partial charge in [0.2, 0.25) is 5.91 Å². The van der Waals surface area contributed by atoms with Crippen LogP contribution in [0.2, 0.25) is 0 Å². The molecule has 0 aromatic heterocycles. The van der Waals surface area contributed by atoms with Gasteiger partial charge >= 0.3 is 0 Å². The number of nitrogens with one attached hydrogen (secondary N) is 1. The van der Waals surface area contributed by atoms with Gasteiger partial charge in [-0.1, -0.05) is 76.6 Å². The maximum Gasteiger partial charge on any atom is 0.263 e. The van der Waals surface area contributed by atoms with Crippen molar-refractivity contribution in [2.24, 2.45) is 0 Å². The number of halogens is 2. The summed E-state index contributed by atoms with van der Waals surface area (Å²) in [4.78, 5) is 41.6. The van der Waals surface area contributed by atoms with Crippen LogP contribution in [0.3, 0.4) is 0 Å². The number of hydrogen-bond acceptors (Lipinski definition) is 3. The van der Waals surface area contributed by atoms with Crippen molar-refractivity contribution in [3.05, 3.63) is 99.0 Å². The number of benzene rings is 2. The van der Waals surface area contributed by atoms with Gasteiger partial charge in [0.05, 0.1) is 4.48 Å². The van der Waals surface area contributed by atoms with E-state index < -0.39 is 17.1 Å². The third kappa shape index (κ3) is 4.23. The van der Waals surface area contributed by atoms with Gasteiger partial charge in [-0.05, 0) is 66.1 Å². The highest BCUT2D eigenvalue weighted by Crippen LogP contribution is 2.54. The summed E-state index contributed by atoms with van der Waals surface area (Å²) in [5.41, 5.74) is 0.420. The Balaban J connectivity index is 1.99. The molecule has 2 aliphatic rings. The van der Waals surface area contributed by atoms with E-state index in [4.69, 9.17) is 0 Å². The number of ketones is 1. The third-order valence-electron chi connectivity index (χ3n) is 5.69. The molecule has 1 N–H and O–H groups in total. The van der Waals surface area contributed by atoms with Crippen LogP contribution in [-0.2, 0) is 14.4 Å². The van der Waals surface area contributed by atoms with E-state index in [-0.39, 0.29) is 17.6 Å². The van der Waals surface area contributed by atoms with E-state index in [0.717, 1.165) is 5.56 Å². The third-order valence-corrected chi connectivity index (χ3v) is 7.26. The van der Waals surface area contributed by atoms with Crippen molar-refractivity contribution in [2.45, 2.75) is 37.9 Å². The highest BCUT2D eigenvalue weighted by molar-refractivity contribution is 9.12. The quantitative estimate of drug-likeness (QED) is 0.521. The van der Waals surface area contributed by atoms with Gasteiger partial charge < -0.3 is 10.2 Å². The van der Waals surface area contributed by atoms with Crippen molar-refractivity contribution in [2.75, 3.05) is 0 Å². The maximum absolute atomic E-state index is 13.9. The van der Waals surface area contributed by atoms with Crippen molar-refractivity contribution in [1.29, 1.82) is 0 Å². The predicted octanol–water partition coefficient (Wildman–Crippen LogP) is 5.45. The average molecular weight is 584 g/mol. The molecule has 1 aliphatic carbocycles. The number of allylic oxidation sites excluding steroid dienone is 2. The summed E-state index contributed by atoms with van der Waals surface area (Å²) in [6.45, 7) is 5.69. The highest BCUT2D eigenvalue weighted by Gasteiger charge is 2.57. The van der Waals surface area contributed by atoms with Crippen LogP contribution in [0, 0.1) is 0 Å². The number of carbonyl (C=O) groups excluding carboxylic acids is 3. The van der Waals surface area contributed by atoms with Crippen LogP contribution in [-0.4, -0.2) is 33.6 Å². The largest absolute Gasteiger partial charge is 0.349 e. The van der Waals surface area contributed by atoms with E-state index in [1.165, 1.54) is 12.2 Å². The predicted molar refractivity (Wildman–Crippen MR) is 140 cm³/mol. The molecule has 0 bridgehead atoms. The Kier molecular flexibility index (Phi) is 6.53. The smallest absolute Gasteiger partial charge is 0.263 e. The number of carbonyl (C=O) groups is 3. The van der Waals surface area contributed by atoms with Crippen molar-refractivity contribution >= 4 is 55.0 Å². The van der Waals surface area contributed by atoms with E-state index >= 15 is 0 Å². The molecular formula is C27H24Br2N2O3. The lowest BCUT2D eigenvalue weighted by Gasteiger charge is -2.44. The fourth-order valence-electron chi connectivity index (χ4n) is 4.39. The molecule has 2 atom stereocenters. The molecule has 34 heavy (non-hydrogen) atoms. The Hall–Kier alpha value is -2.77. The topological polar surface area (TPSA) is 66.5 Å². The lowest BCUT2D eigenvalue weighted by Crippen LogP contribution is -2.55. The molecule has 0 saturated heterocycles. The van der Waals surface area contributed by atoms with Crippen molar-refractivity contribution < 1.29 is 14.4 Å². The van der Waals surface area contributed by atoms with Crippen molar-refractivity contribution in [3.8, 4) is 0 Å². The SMILES string of the molecule is CC(C)(C)NC(=O)C(c1ccccc1)N1C(=O)C(Br)=C(c2ccccc2)C12C=CC(=O)C=C2Br. The van der Waals surface area contributed by atoms with Gasteiger partial charge in [-0.15, -0.1) is 0 Å². The first-order valence-electron chi connectivity index (χ1n) is 10.8. The molecule has 1 aliphatic heterocycles. The zero-order valence-corrected chi connectivity index (χ0v) is 22.2. The summed E-state index contributed by atoms with van der Waals surface area (Å²) in [6, 6.07) is 17.7. The van der Waals surface area contributed by atoms with E-state index in [9.17, 15) is 14.4 Å². The molecule has 0 fully saturated rings. The highest BCUT2D eigenvalue weighted by atomic mass is 79.9. The number of amides is 2. The van der Waals surface area contributed by atoms with Crippen LogP contribution in [0.15, 0.2) is 87.9 Å².